The first-order chi connectivity index (χ1) is 10.5. The van der Waals surface area contributed by atoms with E-state index in [4.69, 9.17) is 0 Å². The van der Waals surface area contributed by atoms with Crippen LogP contribution in [-0.2, 0) is 16.0 Å². The molecule has 4 nitrogen and oxygen atoms in total. The van der Waals surface area contributed by atoms with E-state index in [1.165, 1.54) is 0 Å². The number of carbonyl (C=O) groups is 1. The van der Waals surface area contributed by atoms with Crippen molar-refractivity contribution >= 4 is 16.8 Å². The molecule has 1 amide bonds. The quantitative estimate of drug-likeness (QED) is 0.772. The van der Waals surface area contributed by atoms with E-state index in [-0.39, 0.29) is 25.5 Å². The van der Waals surface area contributed by atoms with Crippen molar-refractivity contribution in [1.82, 2.24) is 10.3 Å². The summed E-state index contributed by atoms with van der Waals surface area (Å²) < 4.78 is 39.9. The van der Waals surface area contributed by atoms with Crippen LogP contribution in [-0.4, -0.2) is 36.8 Å². The van der Waals surface area contributed by atoms with Gasteiger partial charge < -0.3 is 15.0 Å². The van der Waals surface area contributed by atoms with Crippen molar-refractivity contribution in [2.24, 2.45) is 0 Å². The first kappa shape index (κ1) is 16.4. The van der Waals surface area contributed by atoms with Gasteiger partial charge in [-0.05, 0) is 18.1 Å². The smallest absolute Gasteiger partial charge is 0.370 e. The third kappa shape index (κ3) is 5.07. The molecule has 22 heavy (non-hydrogen) atoms. The molecule has 0 unspecified atom stereocenters. The number of rotatable bonds is 7. The lowest BCUT2D eigenvalue weighted by molar-refractivity contribution is -0.173. The van der Waals surface area contributed by atoms with Crippen molar-refractivity contribution in [3.63, 3.8) is 0 Å². The second-order valence-electron chi connectivity index (χ2n) is 4.88. The highest BCUT2D eigenvalue weighted by Crippen LogP contribution is 2.18. The Labute approximate surface area is 125 Å². The summed E-state index contributed by atoms with van der Waals surface area (Å²) in [5, 5.41) is 3.61. The fourth-order valence-corrected chi connectivity index (χ4v) is 2.13. The SMILES string of the molecule is O=C(CCc1c[nH]c2ccccc12)NCCOCC(F)(F)F. The summed E-state index contributed by atoms with van der Waals surface area (Å²) in [7, 11) is 0. The number of aromatic amines is 1. The Morgan fingerprint density at radius 3 is 2.82 bits per heavy atom. The van der Waals surface area contributed by atoms with Gasteiger partial charge in [0.2, 0.25) is 5.91 Å². The lowest BCUT2D eigenvalue weighted by Crippen LogP contribution is -2.29. The van der Waals surface area contributed by atoms with Crippen molar-refractivity contribution in [3.8, 4) is 0 Å². The Hall–Kier alpha value is -2.02. The molecular weight excluding hydrogens is 297 g/mol. The number of hydrogen-bond acceptors (Lipinski definition) is 2. The number of nitrogens with one attached hydrogen (secondary N) is 2. The third-order valence-electron chi connectivity index (χ3n) is 3.13. The number of para-hydroxylation sites is 1. The Kier molecular flexibility index (Phi) is 5.43. The van der Waals surface area contributed by atoms with E-state index in [0.717, 1.165) is 16.5 Å². The standard InChI is InChI=1S/C15H17F3N2O2/c16-15(17,18)10-22-8-7-19-14(21)6-5-11-9-20-13-4-2-1-3-12(11)13/h1-4,9,20H,5-8,10H2,(H,19,21). The zero-order chi connectivity index (χ0) is 16.0. The van der Waals surface area contributed by atoms with Crippen LogP contribution in [0.15, 0.2) is 30.5 Å². The van der Waals surface area contributed by atoms with Crippen LogP contribution in [0.4, 0.5) is 13.2 Å². The van der Waals surface area contributed by atoms with Crippen LogP contribution in [0.25, 0.3) is 10.9 Å². The summed E-state index contributed by atoms with van der Waals surface area (Å²) in [5.41, 5.74) is 2.05. The second kappa shape index (κ2) is 7.31. The Balaban J connectivity index is 1.68. The molecule has 120 valence electrons. The molecule has 0 atom stereocenters. The third-order valence-corrected chi connectivity index (χ3v) is 3.13. The van der Waals surface area contributed by atoms with Gasteiger partial charge in [-0.15, -0.1) is 0 Å². The van der Waals surface area contributed by atoms with Gasteiger partial charge in [0.05, 0.1) is 6.61 Å². The highest BCUT2D eigenvalue weighted by atomic mass is 19.4. The minimum atomic E-state index is -4.33. The molecule has 0 saturated heterocycles. The number of alkyl halides is 3. The highest BCUT2D eigenvalue weighted by Gasteiger charge is 2.27. The molecule has 0 spiro atoms. The van der Waals surface area contributed by atoms with Crippen molar-refractivity contribution in [3.05, 3.63) is 36.0 Å². The molecule has 1 aromatic heterocycles. The first-order valence-electron chi connectivity index (χ1n) is 6.92. The molecule has 0 bridgehead atoms. The number of halogens is 3. The van der Waals surface area contributed by atoms with Gasteiger partial charge in [0, 0.05) is 30.1 Å². The van der Waals surface area contributed by atoms with Gasteiger partial charge in [-0.2, -0.15) is 13.2 Å². The van der Waals surface area contributed by atoms with Crippen LogP contribution >= 0.6 is 0 Å². The zero-order valence-electron chi connectivity index (χ0n) is 11.9. The molecule has 0 aliphatic carbocycles. The van der Waals surface area contributed by atoms with Gasteiger partial charge in [-0.25, -0.2) is 0 Å². The van der Waals surface area contributed by atoms with Crippen molar-refractivity contribution < 1.29 is 22.7 Å². The van der Waals surface area contributed by atoms with Gasteiger partial charge in [0.1, 0.15) is 6.61 Å². The predicted molar refractivity (Wildman–Crippen MR) is 76.5 cm³/mol. The lowest BCUT2D eigenvalue weighted by atomic mass is 10.1. The maximum atomic E-state index is 11.8. The number of H-pyrrole nitrogens is 1. The van der Waals surface area contributed by atoms with E-state index >= 15 is 0 Å². The number of hydrogen-bond donors (Lipinski definition) is 2. The molecule has 0 fully saturated rings. The van der Waals surface area contributed by atoms with E-state index in [1.54, 1.807) is 0 Å². The zero-order valence-corrected chi connectivity index (χ0v) is 11.9. The Bertz CT molecular complexity index is 623. The van der Waals surface area contributed by atoms with Crippen LogP contribution in [0.2, 0.25) is 0 Å². The van der Waals surface area contributed by atoms with Crippen molar-refractivity contribution in [2.75, 3.05) is 19.8 Å². The molecule has 2 N–H and O–H groups in total. The fourth-order valence-electron chi connectivity index (χ4n) is 2.13. The molecule has 0 radical (unpaired) electrons. The number of carbonyl (C=O) groups excluding carboxylic acids is 1. The summed E-state index contributed by atoms with van der Waals surface area (Å²) in [6.45, 7) is -1.38. The summed E-state index contributed by atoms with van der Waals surface area (Å²) in [6.07, 6.45) is -1.62. The van der Waals surface area contributed by atoms with Crippen LogP contribution in [0.3, 0.4) is 0 Å². The maximum absolute atomic E-state index is 11.8. The minimum Gasteiger partial charge on any atom is -0.370 e. The van der Waals surface area contributed by atoms with Gasteiger partial charge in [0.15, 0.2) is 0 Å². The number of aromatic nitrogens is 1. The van der Waals surface area contributed by atoms with Gasteiger partial charge in [-0.3, -0.25) is 4.79 Å². The Morgan fingerprint density at radius 2 is 2.05 bits per heavy atom. The number of amides is 1. The average Bonchev–Trinajstić information content (AvgIpc) is 2.87. The Morgan fingerprint density at radius 1 is 1.27 bits per heavy atom. The van der Waals surface area contributed by atoms with Gasteiger partial charge >= 0.3 is 6.18 Å². The van der Waals surface area contributed by atoms with E-state index in [1.807, 2.05) is 30.5 Å². The normalized spacial score (nSPS) is 11.8. The summed E-state index contributed by atoms with van der Waals surface area (Å²) in [4.78, 5) is 14.8. The molecule has 0 aliphatic rings. The molecule has 7 heteroatoms. The van der Waals surface area contributed by atoms with E-state index in [0.29, 0.717) is 6.42 Å². The van der Waals surface area contributed by atoms with Crippen LogP contribution in [0.5, 0.6) is 0 Å². The topological polar surface area (TPSA) is 54.1 Å². The molecule has 1 heterocycles. The first-order valence-corrected chi connectivity index (χ1v) is 6.92. The summed E-state index contributed by atoms with van der Waals surface area (Å²) >= 11 is 0. The predicted octanol–water partition coefficient (Wildman–Crippen LogP) is 2.80. The highest BCUT2D eigenvalue weighted by molar-refractivity contribution is 5.84. The van der Waals surface area contributed by atoms with Crippen molar-refractivity contribution in [1.29, 1.82) is 0 Å². The van der Waals surface area contributed by atoms with Gasteiger partial charge in [-0.1, -0.05) is 18.2 Å². The number of fused-ring (bicyclic) bond motifs is 1. The largest absolute Gasteiger partial charge is 0.411 e. The van der Waals surface area contributed by atoms with Crippen LogP contribution < -0.4 is 5.32 Å². The maximum Gasteiger partial charge on any atom is 0.411 e. The van der Waals surface area contributed by atoms with Crippen LogP contribution in [0.1, 0.15) is 12.0 Å². The monoisotopic (exact) mass is 314 g/mol. The van der Waals surface area contributed by atoms with E-state index in [9.17, 15) is 18.0 Å². The van der Waals surface area contributed by atoms with Gasteiger partial charge in [0.25, 0.3) is 0 Å². The number of aryl methyl sites for hydroxylation is 1. The summed E-state index contributed by atoms with van der Waals surface area (Å²) in [6, 6.07) is 7.79. The number of ether oxygens (including phenoxy) is 1. The van der Waals surface area contributed by atoms with Crippen molar-refractivity contribution in [2.45, 2.75) is 19.0 Å². The molecule has 2 aromatic rings. The molecule has 1 aromatic carbocycles. The molecule has 0 aliphatic heterocycles. The average molecular weight is 314 g/mol. The van der Waals surface area contributed by atoms with E-state index < -0.39 is 12.8 Å². The minimum absolute atomic E-state index is 0.0722. The lowest BCUT2D eigenvalue weighted by Gasteiger charge is -2.08. The number of benzene rings is 1. The fraction of sp³-hybridized carbons (Fsp3) is 0.400. The summed E-state index contributed by atoms with van der Waals surface area (Å²) in [5.74, 6) is -0.208. The molecule has 2 rings (SSSR count). The van der Waals surface area contributed by atoms with Crippen LogP contribution in [0, 0.1) is 0 Å². The van der Waals surface area contributed by atoms with E-state index in [2.05, 4.69) is 15.0 Å². The molecular formula is C15H17F3N2O2. The second-order valence-corrected chi connectivity index (χ2v) is 4.88. The molecule has 0 saturated carbocycles.